The summed E-state index contributed by atoms with van der Waals surface area (Å²) in [6.07, 6.45) is 0.892. The van der Waals surface area contributed by atoms with Gasteiger partial charge in [-0.15, -0.1) is 5.10 Å². The van der Waals surface area contributed by atoms with Crippen molar-refractivity contribution in [2.45, 2.75) is 20.3 Å². The summed E-state index contributed by atoms with van der Waals surface area (Å²) in [7, 11) is 0. The number of nitrogens with zero attached hydrogens (tertiary/aromatic N) is 2. The molecular formula is C14H17N3. The van der Waals surface area contributed by atoms with E-state index in [2.05, 4.69) is 47.6 Å². The number of hydrogen-bond acceptors (Lipinski definition) is 3. The van der Waals surface area contributed by atoms with Crippen molar-refractivity contribution in [2.24, 2.45) is 0 Å². The molecule has 0 spiro atoms. The van der Waals surface area contributed by atoms with Crippen LogP contribution in [0.5, 0.6) is 0 Å². The Morgan fingerprint density at radius 1 is 1.06 bits per heavy atom. The van der Waals surface area contributed by atoms with Crippen LogP contribution in [0.3, 0.4) is 0 Å². The summed E-state index contributed by atoms with van der Waals surface area (Å²) in [6, 6.07) is 12.4. The van der Waals surface area contributed by atoms with E-state index in [1.165, 1.54) is 11.1 Å². The normalized spacial score (nSPS) is 10.2. The van der Waals surface area contributed by atoms with Crippen LogP contribution in [0, 0.1) is 0 Å². The molecule has 2 aromatic rings. The summed E-state index contributed by atoms with van der Waals surface area (Å²) in [6.45, 7) is 5.01. The summed E-state index contributed by atoms with van der Waals surface area (Å²) in [5, 5.41) is 11.6. The predicted molar refractivity (Wildman–Crippen MR) is 71.0 cm³/mol. The lowest BCUT2D eigenvalue weighted by atomic mass is 10.0. The van der Waals surface area contributed by atoms with E-state index < -0.39 is 0 Å². The first-order chi connectivity index (χ1) is 8.35. The van der Waals surface area contributed by atoms with Crippen LogP contribution in [-0.2, 0) is 6.42 Å². The second kappa shape index (κ2) is 5.43. The smallest absolute Gasteiger partial charge is 0.149 e. The van der Waals surface area contributed by atoms with Gasteiger partial charge in [0.05, 0.1) is 5.69 Å². The first-order valence-corrected chi connectivity index (χ1v) is 6.01. The lowest BCUT2D eigenvalue weighted by molar-refractivity contribution is 0.919. The van der Waals surface area contributed by atoms with Gasteiger partial charge < -0.3 is 5.32 Å². The minimum Gasteiger partial charge on any atom is -0.369 e. The van der Waals surface area contributed by atoms with Gasteiger partial charge in [-0.05, 0) is 25.0 Å². The minimum atomic E-state index is 0.837. The summed E-state index contributed by atoms with van der Waals surface area (Å²) < 4.78 is 0. The van der Waals surface area contributed by atoms with Gasteiger partial charge in [-0.2, -0.15) is 5.10 Å². The first kappa shape index (κ1) is 11.6. The SMILES string of the molecule is CCNc1cc(-c2ccccc2)c(CC)nn1. The van der Waals surface area contributed by atoms with Crippen molar-refractivity contribution in [1.82, 2.24) is 10.2 Å². The van der Waals surface area contributed by atoms with Crippen molar-refractivity contribution >= 4 is 5.82 Å². The molecule has 2 rings (SSSR count). The molecule has 0 fully saturated rings. The number of aryl methyl sites for hydroxylation is 1. The van der Waals surface area contributed by atoms with Crippen LogP contribution in [-0.4, -0.2) is 16.7 Å². The summed E-state index contributed by atoms with van der Waals surface area (Å²) in [5.74, 6) is 0.837. The second-order valence-electron chi connectivity index (χ2n) is 3.84. The quantitative estimate of drug-likeness (QED) is 0.872. The monoisotopic (exact) mass is 227 g/mol. The fraction of sp³-hybridized carbons (Fsp3) is 0.286. The van der Waals surface area contributed by atoms with Crippen LogP contribution in [0.1, 0.15) is 19.5 Å². The van der Waals surface area contributed by atoms with Crippen molar-refractivity contribution in [3.63, 3.8) is 0 Å². The standard InChI is InChI=1S/C14H17N3/c1-3-13-12(11-8-6-5-7-9-11)10-14(15-4-2)17-16-13/h5-10H,3-4H2,1-2H3,(H,15,17). The average molecular weight is 227 g/mol. The zero-order valence-corrected chi connectivity index (χ0v) is 10.3. The largest absolute Gasteiger partial charge is 0.369 e. The Hall–Kier alpha value is -1.90. The highest BCUT2D eigenvalue weighted by Crippen LogP contribution is 2.24. The van der Waals surface area contributed by atoms with Crippen molar-refractivity contribution in [3.8, 4) is 11.1 Å². The minimum absolute atomic E-state index is 0.837. The summed E-state index contributed by atoms with van der Waals surface area (Å²) in [4.78, 5) is 0. The Kier molecular flexibility index (Phi) is 3.70. The molecule has 17 heavy (non-hydrogen) atoms. The Morgan fingerprint density at radius 2 is 1.82 bits per heavy atom. The number of nitrogens with one attached hydrogen (secondary N) is 1. The van der Waals surface area contributed by atoms with Gasteiger partial charge in [0.2, 0.25) is 0 Å². The van der Waals surface area contributed by atoms with Gasteiger partial charge in [0, 0.05) is 12.1 Å². The number of aromatic nitrogens is 2. The molecule has 1 heterocycles. The van der Waals surface area contributed by atoms with E-state index in [-0.39, 0.29) is 0 Å². The van der Waals surface area contributed by atoms with Gasteiger partial charge in [0.15, 0.2) is 0 Å². The van der Waals surface area contributed by atoms with E-state index in [1.54, 1.807) is 0 Å². The number of benzene rings is 1. The van der Waals surface area contributed by atoms with Crippen LogP contribution in [0.2, 0.25) is 0 Å². The van der Waals surface area contributed by atoms with Crippen LogP contribution in [0.25, 0.3) is 11.1 Å². The molecule has 1 aromatic carbocycles. The molecule has 0 saturated carbocycles. The molecule has 3 nitrogen and oxygen atoms in total. The second-order valence-corrected chi connectivity index (χ2v) is 3.84. The fourth-order valence-electron chi connectivity index (χ4n) is 1.81. The Morgan fingerprint density at radius 3 is 2.47 bits per heavy atom. The van der Waals surface area contributed by atoms with Crippen LogP contribution < -0.4 is 5.32 Å². The topological polar surface area (TPSA) is 37.8 Å². The average Bonchev–Trinajstić information content (AvgIpc) is 2.40. The van der Waals surface area contributed by atoms with Crippen LogP contribution in [0.4, 0.5) is 5.82 Å². The maximum Gasteiger partial charge on any atom is 0.149 e. The van der Waals surface area contributed by atoms with E-state index >= 15 is 0 Å². The van der Waals surface area contributed by atoms with Gasteiger partial charge in [0.1, 0.15) is 5.82 Å². The number of rotatable bonds is 4. The zero-order chi connectivity index (χ0) is 12.1. The fourth-order valence-corrected chi connectivity index (χ4v) is 1.81. The molecular weight excluding hydrogens is 210 g/mol. The molecule has 0 atom stereocenters. The lowest BCUT2D eigenvalue weighted by Crippen LogP contribution is -2.03. The van der Waals surface area contributed by atoms with E-state index in [0.717, 1.165) is 24.5 Å². The number of anilines is 1. The van der Waals surface area contributed by atoms with Gasteiger partial charge in [0.25, 0.3) is 0 Å². The Balaban J connectivity index is 2.46. The molecule has 0 aliphatic rings. The Bertz CT molecular complexity index is 480. The van der Waals surface area contributed by atoms with E-state index in [4.69, 9.17) is 0 Å². The van der Waals surface area contributed by atoms with E-state index in [0.29, 0.717) is 0 Å². The van der Waals surface area contributed by atoms with Gasteiger partial charge in [-0.3, -0.25) is 0 Å². The van der Waals surface area contributed by atoms with Crippen LogP contribution in [0.15, 0.2) is 36.4 Å². The molecule has 0 aliphatic carbocycles. The maximum atomic E-state index is 4.28. The highest BCUT2D eigenvalue weighted by Gasteiger charge is 2.07. The first-order valence-electron chi connectivity index (χ1n) is 6.01. The third kappa shape index (κ3) is 2.61. The molecule has 0 saturated heterocycles. The highest BCUT2D eigenvalue weighted by molar-refractivity contribution is 5.68. The van der Waals surface area contributed by atoms with Crippen LogP contribution >= 0.6 is 0 Å². The van der Waals surface area contributed by atoms with Crippen molar-refractivity contribution < 1.29 is 0 Å². The molecule has 0 unspecified atom stereocenters. The van der Waals surface area contributed by atoms with E-state index in [9.17, 15) is 0 Å². The third-order valence-electron chi connectivity index (χ3n) is 2.65. The molecule has 0 amide bonds. The molecule has 0 aliphatic heterocycles. The Labute approximate surface area is 102 Å². The zero-order valence-electron chi connectivity index (χ0n) is 10.3. The van der Waals surface area contributed by atoms with Gasteiger partial charge in [-0.25, -0.2) is 0 Å². The molecule has 0 radical (unpaired) electrons. The number of hydrogen-bond donors (Lipinski definition) is 1. The molecule has 0 bridgehead atoms. The van der Waals surface area contributed by atoms with Crippen molar-refractivity contribution in [2.75, 3.05) is 11.9 Å². The summed E-state index contributed by atoms with van der Waals surface area (Å²) in [5.41, 5.74) is 3.40. The molecule has 3 heteroatoms. The van der Waals surface area contributed by atoms with E-state index in [1.807, 2.05) is 18.2 Å². The van der Waals surface area contributed by atoms with Gasteiger partial charge >= 0.3 is 0 Å². The predicted octanol–water partition coefficient (Wildman–Crippen LogP) is 3.14. The lowest BCUT2D eigenvalue weighted by Gasteiger charge is -2.09. The summed E-state index contributed by atoms with van der Waals surface area (Å²) >= 11 is 0. The molecule has 1 N–H and O–H groups in total. The molecule has 88 valence electrons. The third-order valence-corrected chi connectivity index (χ3v) is 2.65. The van der Waals surface area contributed by atoms with Crippen molar-refractivity contribution in [3.05, 3.63) is 42.1 Å². The maximum absolute atomic E-state index is 4.28. The van der Waals surface area contributed by atoms with Gasteiger partial charge in [-0.1, -0.05) is 37.3 Å². The van der Waals surface area contributed by atoms with Crippen molar-refractivity contribution in [1.29, 1.82) is 0 Å². The molecule has 1 aromatic heterocycles. The highest BCUT2D eigenvalue weighted by atomic mass is 15.2.